The average Bonchev–Trinajstić information content (AvgIpc) is 3.28. The van der Waals surface area contributed by atoms with E-state index in [1.807, 2.05) is 19.1 Å². The molecule has 34 heavy (non-hydrogen) atoms. The Labute approximate surface area is 202 Å². The highest BCUT2D eigenvalue weighted by Crippen LogP contribution is 2.33. The zero-order valence-corrected chi connectivity index (χ0v) is 20.0. The molecule has 0 radical (unpaired) electrons. The number of carbonyl (C=O) groups excluding carboxylic acids is 2. The van der Waals surface area contributed by atoms with Crippen LogP contribution in [0.3, 0.4) is 0 Å². The lowest BCUT2D eigenvalue weighted by atomic mass is 10.0. The van der Waals surface area contributed by atoms with E-state index in [0.717, 1.165) is 22.5 Å². The number of thioether (sulfide) groups is 1. The number of esters is 1. The zero-order valence-electron chi connectivity index (χ0n) is 19.2. The van der Waals surface area contributed by atoms with Crippen LogP contribution < -0.4 is 5.32 Å². The third kappa shape index (κ3) is 5.38. The van der Waals surface area contributed by atoms with Crippen LogP contribution in [-0.4, -0.2) is 34.7 Å². The van der Waals surface area contributed by atoms with Crippen LogP contribution in [0.1, 0.15) is 21.5 Å². The number of ether oxygens (including phenoxy) is 1. The molecule has 1 aromatic heterocycles. The second-order valence-electron chi connectivity index (χ2n) is 7.87. The van der Waals surface area contributed by atoms with Gasteiger partial charge in [-0.15, -0.1) is 0 Å². The summed E-state index contributed by atoms with van der Waals surface area (Å²) >= 11 is 1.30. The maximum absolute atomic E-state index is 12.6. The number of imidazole rings is 1. The molecule has 4 rings (SSSR count). The molecule has 3 aromatic carbocycles. The van der Waals surface area contributed by atoms with Crippen LogP contribution in [0, 0.1) is 13.8 Å². The predicted octanol–water partition coefficient (Wildman–Crippen LogP) is 5.88. The minimum Gasteiger partial charge on any atom is -0.465 e. The van der Waals surface area contributed by atoms with E-state index in [-0.39, 0.29) is 11.7 Å². The van der Waals surface area contributed by atoms with Crippen LogP contribution in [0.4, 0.5) is 5.69 Å². The first-order valence-corrected chi connectivity index (χ1v) is 11.8. The number of amides is 1. The minimum atomic E-state index is -0.500. The van der Waals surface area contributed by atoms with Gasteiger partial charge in [-0.2, -0.15) is 0 Å². The van der Waals surface area contributed by atoms with Crippen molar-refractivity contribution in [1.82, 2.24) is 9.97 Å². The minimum absolute atomic E-state index is 0.129. The Hall–Kier alpha value is -3.84. The number of anilines is 1. The Morgan fingerprint density at radius 2 is 1.53 bits per heavy atom. The molecule has 172 valence electrons. The summed E-state index contributed by atoms with van der Waals surface area (Å²) in [5.74, 6) is -0.615. The third-order valence-corrected chi connectivity index (χ3v) is 6.17. The van der Waals surface area contributed by atoms with Gasteiger partial charge in [0.05, 0.1) is 35.5 Å². The van der Waals surface area contributed by atoms with Crippen LogP contribution in [0.2, 0.25) is 0 Å². The first-order valence-electron chi connectivity index (χ1n) is 10.8. The lowest BCUT2D eigenvalue weighted by Crippen LogP contribution is -2.17. The Morgan fingerprint density at radius 3 is 2.18 bits per heavy atom. The van der Waals surface area contributed by atoms with Crippen molar-refractivity contribution in [3.63, 3.8) is 0 Å². The van der Waals surface area contributed by atoms with Crippen LogP contribution >= 0.6 is 11.8 Å². The van der Waals surface area contributed by atoms with Gasteiger partial charge in [-0.05, 0) is 26.0 Å². The standard InChI is InChI=1S/C27H25N3O3S/c1-17-8-12-19(13-9-17)24-25(20-14-10-18(2)11-15-20)30-27(29-24)34-16-23(31)28-22-7-5-4-6-21(22)26(32)33-3/h4-15H,16H2,1-3H3,(H,28,31)(H,29,30). The summed E-state index contributed by atoms with van der Waals surface area (Å²) in [4.78, 5) is 32.8. The maximum Gasteiger partial charge on any atom is 0.339 e. The molecular formula is C27H25N3O3S. The molecular weight excluding hydrogens is 446 g/mol. The van der Waals surface area contributed by atoms with Gasteiger partial charge in [0.1, 0.15) is 0 Å². The fraction of sp³-hybridized carbons (Fsp3) is 0.148. The molecule has 0 fully saturated rings. The Bertz CT molecular complexity index is 1250. The summed E-state index contributed by atoms with van der Waals surface area (Å²) < 4.78 is 4.79. The van der Waals surface area contributed by atoms with Gasteiger partial charge >= 0.3 is 5.97 Å². The zero-order chi connectivity index (χ0) is 24.1. The summed E-state index contributed by atoms with van der Waals surface area (Å²) in [6.07, 6.45) is 0. The highest BCUT2D eigenvalue weighted by Gasteiger charge is 2.17. The number of aryl methyl sites for hydroxylation is 2. The van der Waals surface area contributed by atoms with E-state index in [4.69, 9.17) is 9.72 Å². The summed E-state index contributed by atoms with van der Waals surface area (Å²) in [5, 5.41) is 3.43. The van der Waals surface area contributed by atoms with Crippen LogP contribution in [0.5, 0.6) is 0 Å². The van der Waals surface area contributed by atoms with E-state index in [1.54, 1.807) is 24.3 Å². The second-order valence-corrected chi connectivity index (χ2v) is 8.84. The van der Waals surface area contributed by atoms with Gasteiger partial charge in [0, 0.05) is 11.1 Å². The molecule has 0 unspecified atom stereocenters. The van der Waals surface area contributed by atoms with E-state index in [0.29, 0.717) is 16.4 Å². The van der Waals surface area contributed by atoms with Crippen molar-refractivity contribution >= 4 is 29.3 Å². The van der Waals surface area contributed by atoms with E-state index >= 15 is 0 Å². The quantitative estimate of drug-likeness (QED) is 0.260. The van der Waals surface area contributed by atoms with Gasteiger partial charge < -0.3 is 15.0 Å². The van der Waals surface area contributed by atoms with Gasteiger partial charge in [-0.25, -0.2) is 9.78 Å². The number of rotatable bonds is 7. The number of carbonyl (C=O) groups is 2. The summed E-state index contributed by atoms with van der Waals surface area (Å²) in [6, 6.07) is 23.2. The molecule has 0 spiro atoms. The number of para-hydroxylation sites is 1. The number of nitrogens with one attached hydrogen (secondary N) is 2. The molecule has 2 N–H and O–H groups in total. The van der Waals surface area contributed by atoms with Gasteiger partial charge in [0.2, 0.25) is 5.91 Å². The molecule has 6 nitrogen and oxygen atoms in total. The van der Waals surface area contributed by atoms with Crippen molar-refractivity contribution < 1.29 is 14.3 Å². The van der Waals surface area contributed by atoms with Gasteiger partial charge in [-0.3, -0.25) is 4.79 Å². The molecule has 0 aliphatic carbocycles. The number of methoxy groups -OCH3 is 1. The molecule has 0 aliphatic heterocycles. The maximum atomic E-state index is 12.6. The highest BCUT2D eigenvalue weighted by atomic mass is 32.2. The number of hydrogen-bond acceptors (Lipinski definition) is 5. The Balaban J connectivity index is 1.55. The fourth-order valence-electron chi connectivity index (χ4n) is 3.47. The summed E-state index contributed by atoms with van der Waals surface area (Å²) in [5.41, 5.74) is 6.85. The summed E-state index contributed by atoms with van der Waals surface area (Å²) in [7, 11) is 1.31. The topological polar surface area (TPSA) is 84.1 Å². The smallest absolute Gasteiger partial charge is 0.339 e. The molecule has 0 bridgehead atoms. The molecule has 4 aromatic rings. The van der Waals surface area contributed by atoms with Gasteiger partial charge in [0.25, 0.3) is 0 Å². The monoisotopic (exact) mass is 471 g/mol. The van der Waals surface area contributed by atoms with E-state index in [9.17, 15) is 9.59 Å². The van der Waals surface area contributed by atoms with Crippen LogP contribution in [-0.2, 0) is 9.53 Å². The molecule has 0 saturated heterocycles. The van der Waals surface area contributed by atoms with Crippen LogP contribution in [0.15, 0.2) is 78.0 Å². The molecule has 7 heteroatoms. The van der Waals surface area contributed by atoms with Crippen molar-refractivity contribution in [2.45, 2.75) is 19.0 Å². The molecule has 0 atom stereocenters. The molecule has 1 amide bonds. The normalized spacial score (nSPS) is 10.7. The van der Waals surface area contributed by atoms with Gasteiger partial charge in [-0.1, -0.05) is 83.6 Å². The Morgan fingerprint density at radius 1 is 0.912 bits per heavy atom. The van der Waals surface area contributed by atoms with E-state index in [2.05, 4.69) is 53.6 Å². The second kappa shape index (κ2) is 10.4. The average molecular weight is 472 g/mol. The predicted molar refractivity (Wildman–Crippen MR) is 136 cm³/mol. The fourth-order valence-corrected chi connectivity index (χ4v) is 4.14. The Kier molecular flexibility index (Phi) is 7.13. The van der Waals surface area contributed by atoms with Crippen molar-refractivity contribution in [3.8, 4) is 22.5 Å². The van der Waals surface area contributed by atoms with E-state index in [1.165, 1.54) is 30.0 Å². The third-order valence-electron chi connectivity index (χ3n) is 5.29. The lowest BCUT2D eigenvalue weighted by molar-refractivity contribution is -0.113. The first-order chi connectivity index (χ1) is 16.4. The van der Waals surface area contributed by atoms with Crippen molar-refractivity contribution in [1.29, 1.82) is 0 Å². The first kappa shape index (κ1) is 23.3. The van der Waals surface area contributed by atoms with Crippen molar-refractivity contribution in [3.05, 3.63) is 89.5 Å². The van der Waals surface area contributed by atoms with E-state index < -0.39 is 5.97 Å². The SMILES string of the molecule is COC(=O)c1ccccc1NC(=O)CSc1nc(-c2ccc(C)cc2)c(-c2ccc(C)cc2)[nH]1. The van der Waals surface area contributed by atoms with Gasteiger partial charge in [0.15, 0.2) is 5.16 Å². The number of aromatic nitrogens is 2. The number of hydrogen-bond donors (Lipinski definition) is 2. The van der Waals surface area contributed by atoms with Crippen LogP contribution in [0.25, 0.3) is 22.5 Å². The lowest BCUT2D eigenvalue weighted by Gasteiger charge is -2.09. The largest absolute Gasteiger partial charge is 0.465 e. The van der Waals surface area contributed by atoms with Crippen molar-refractivity contribution in [2.75, 3.05) is 18.2 Å². The number of H-pyrrole nitrogens is 1. The number of aromatic amines is 1. The number of benzene rings is 3. The summed E-state index contributed by atoms with van der Waals surface area (Å²) in [6.45, 7) is 4.10. The molecule has 1 heterocycles. The highest BCUT2D eigenvalue weighted by molar-refractivity contribution is 7.99. The van der Waals surface area contributed by atoms with Crippen molar-refractivity contribution in [2.24, 2.45) is 0 Å². The molecule has 0 saturated carbocycles. The molecule has 0 aliphatic rings. The number of nitrogens with zero attached hydrogens (tertiary/aromatic N) is 1.